The molecule has 1 aromatic heterocycles. The summed E-state index contributed by atoms with van der Waals surface area (Å²) >= 11 is 0. The third-order valence-electron chi connectivity index (χ3n) is 2.16. The quantitative estimate of drug-likeness (QED) is 0.535. The molecule has 1 heterocycles. The van der Waals surface area contributed by atoms with Gasteiger partial charge in [0.1, 0.15) is 5.58 Å². The van der Waals surface area contributed by atoms with Crippen molar-refractivity contribution in [3.8, 4) is 0 Å². The first-order valence-corrected chi connectivity index (χ1v) is 4.31. The van der Waals surface area contributed by atoms with Crippen LogP contribution in [-0.2, 0) is 11.3 Å². The molecule has 0 spiro atoms. The minimum Gasteiger partial charge on any atom is -0.464 e. The molecule has 0 saturated heterocycles. The van der Waals surface area contributed by atoms with E-state index in [1.165, 1.54) is 6.08 Å². The van der Waals surface area contributed by atoms with Crippen molar-refractivity contribution in [1.29, 1.82) is 0 Å². The predicted molar refractivity (Wildman–Crippen MR) is 52.8 cm³/mol. The third kappa shape index (κ3) is 1.45. The van der Waals surface area contributed by atoms with E-state index >= 15 is 0 Å². The number of nitrogens with zero attached hydrogens (tertiary/aromatic N) is 1. The van der Waals surface area contributed by atoms with Crippen LogP contribution in [0.3, 0.4) is 0 Å². The average molecular weight is 187 g/mol. The molecule has 2 rings (SSSR count). The predicted octanol–water partition coefficient (Wildman–Crippen LogP) is 2.58. The van der Waals surface area contributed by atoms with Crippen LogP contribution >= 0.6 is 0 Å². The van der Waals surface area contributed by atoms with Crippen molar-refractivity contribution >= 4 is 17.0 Å². The highest BCUT2D eigenvalue weighted by Gasteiger charge is 2.02. The van der Waals surface area contributed by atoms with Gasteiger partial charge < -0.3 is 4.42 Å². The van der Waals surface area contributed by atoms with E-state index in [4.69, 9.17) is 4.42 Å². The van der Waals surface area contributed by atoms with Crippen LogP contribution in [0.1, 0.15) is 11.1 Å². The fourth-order valence-corrected chi connectivity index (χ4v) is 1.43. The summed E-state index contributed by atoms with van der Waals surface area (Å²) in [6.45, 7) is 2.36. The Hall–Kier alpha value is -1.86. The third-order valence-corrected chi connectivity index (χ3v) is 2.16. The monoisotopic (exact) mass is 187 g/mol. The zero-order valence-electron chi connectivity index (χ0n) is 7.78. The maximum absolute atomic E-state index is 9.93. The lowest BCUT2D eigenvalue weighted by molar-refractivity contribution is 0.562. The highest BCUT2D eigenvalue weighted by molar-refractivity contribution is 5.81. The smallest absolute Gasteiger partial charge is 0.235 e. The Morgan fingerprint density at radius 2 is 2.36 bits per heavy atom. The van der Waals surface area contributed by atoms with Crippen LogP contribution in [0.2, 0.25) is 0 Å². The van der Waals surface area contributed by atoms with E-state index in [0.717, 1.165) is 22.1 Å². The lowest BCUT2D eigenvalue weighted by Gasteiger charge is -1.94. The Morgan fingerprint density at radius 3 is 3.14 bits per heavy atom. The molecular weight excluding hydrogens is 178 g/mol. The number of rotatable bonds is 2. The molecule has 0 aliphatic heterocycles. The van der Waals surface area contributed by atoms with Gasteiger partial charge in [0.25, 0.3) is 0 Å². The molecule has 0 aliphatic carbocycles. The van der Waals surface area contributed by atoms with Gasteiger partial charge in [-0.3, -0.25) is 0 Å². The maximum Gasteiger partial charge on any atom is 0.235 e. The van der Waals surface area contributed by atoms with E-state index in [-0.39, 0.29) is 0 Å². The second-order valence-corrected chi connectivity index (χ2v) is 3.16. The first-order chi connectivity index (χ1) is 6.81. The van der Waals surface area contributed by atoms with Gasteiger partial charge in [0.2, 0.25) is 6.08 Å². The van der Waals surface area contributed by atoms with Crippen LogP contribution in [-0.4, -0.2) is 6.08 Å². The number of aliphatic imine (C=N–C) groups is 1. The molecule has 3 nitrogen and oxygen atoms in total. The number of benzene rings is 1. The summed E-state index contributed by atoms with van der Waals surface area (Å²) in [5.41, 5.74) is 2.90. The van der Waals surface area contributed by atoms with Gasteiger partial charge in [-0.2, -0.15) is 0 Å². The van der Waals surface area contributed by atoms with E-state index in [1.807, 2.05) is 25.1 Å². The van der Waals surface area contributed by atoms with Crippen LogP contribution in [0.15, 0.2) is 33.9 Å². The summed E-state index contributed by atoms with van der Waals surface area (Å²) in [4.78, 5) is 13.4. The minimum absolute atomic E-state index is 0.360. The van der Waals surface area contributed by atoms with Gasteiger partial charge in [0.15, 0.2) is 0 Å². The van der Waals surface area contributed by atoms with Crippen molar-refractivity contribution < 1.29 is 9.21 Å². The highest BCUT2D eigenvalue weighted by atomic mass is 16.3. The summed E-state index contributed by atoms with van der Waals surface area (Å²) in [6.07, 6.45) is 3.23. The van der Waals surface area contributed by atoms with Crippen LogP contribution in [0, 0.1) is 6.92 Å². The average Bonchev–Trinajstić information content (AvgIpc) is 2.57. The van der Waals surface area contributed by atoms with Gasteiger partial charge in [-0.15, -0.1) is 0 Å². The fraction of sp³-hybridized carbons (Fsp3) is 0.182. The SMILES string of the molecule is Cc1coc2cc(CN=C=O)ccc12. The van der Waals surface area contributed by atoms with Gasteiger partial charge in [-0.1, -0.05) is 12.1 Å². The van der Waals surface area contributed by atoms with Crippen molar-refractivity contribution in [2.24, 2.45) is 4.99 Å². The number of fused-ring (bicyclic) bond motifs is 1. The van der Waals surface area contributed by atoms with E-state index in [1.54, 1.807) is 6.26 Å². The number of aryl methyl sites for hydroxylation is 1. The molecule has 0 radical (unpaired) electrons. The zero-order valence-corrected chi connectivity index (χ0v) is 7.78. The van der Waals surface area contributed by atoms with Gasteiger partial charge in [-0.05, 0) is 24.1 Å². The van der Waals surface area contributed by atoms with E-state index < -0.39 is 0 Å². The standard InChI is InChI=1S/C11H9NO2/c1-8-6-14-11-4-9(5-12-7-13)2-3-10(8)11/h2-4,6H,5H2,1H3. The lowest BCUT2D eigenvalue weighted by Crippen LogP contribution is -1.79. The van der Waals surface area contributed by atoms with Crippen LogP contribution in [0.5, 0.6) is 0 Å². The molecule has 70 valence electrons. The number of furan rings is 1. The summed E-state index contributed by atoms with van der Waals surface area (Å²) in [5.74, 6) is 0. The van der Waals surface area contributed by atoms with Gasteiger partial charge >= 0.3 is 0 Å². The van der Waals surface area contributed by atoms with Crippen molar-refractivity contribution in [3.63, 3.8) is 0 Å². The molecule has 0 aliphatic rings. The van der Waals surface area contributed by atoms with E-state index in [0.29, 0.717) is 6.54 Å². The fourth-order valence-electron chi connectivity index (χ4n) is 1.43. The Kier molecular flexibility index (Phi) is 2.17. The molecule has 1 aromatic carbocycles. The Labute approximate surface area is 81.1 Å². The molecule has 3 heteroatoms. The Balaban J connectivity index is 2.46. The van der Waals surface area contributed by atoms with E-state index in [9.17, 15) is 4.79 Å². The maximum atomic E-state index is 9.93. The first kappa shape index (κ1) is 8.73. The first-order valence-electron chi connectivity index (χ1n) is 4.31. The van der Waals surface area contributed by atoms with Gasteiger partial charge in [0, 0.05) is 5.39 Å². The molecule has 0 saturated carbocycles. The summed E-state index contributed by atoms with van der Waals surface area (Å²) in [5, 5.41) is 1.10. The topological polar surface area (TPSA) is 42.6 Å². The minimum atomic E-state index is 0.360. The molecule has 0 atom stereocenters. The van der Waals surface area contributed by atoms with Crippen molar-refractivity contribution in [2.75, 3.05) is 0 Å². The summed E-state index contributed by atoms with van der Waals surface area (Å²) in [6, 6.07) is 5.80. The van der Waals surface area contributed by atoms with Crippen LogP contribution in [0.4, 0.5) is 0 Å². The normalized spacial score (nSPS) is 10.1. The molecule has 0 bridgehead atoms. The molecule has 0 unspecified atom stereocenters. The van der Waals surface area contributed by atoms with Gasteiger partial charge in [0.05, 0.1) is 12.8 Å². The second kappa shape index (κ2) is 3.48. The Morgan fingerprint density at radius 1 is 1.50 bits per heavy atom. The number of hydrogen-bond acceptors (Lipinski definition) is 3. The van der Waals surface area contributed by atoms with Crippen LogP contribution < -0.4 is 0 Å². The lowest BCUT2D eigenvalue weighted by atomic mass is 10.1. The Bertz CT molecular complexity index is 507. The molecule has 0 fully saturated rings. The number of carbonyl (C=O) groups excluding carboxylic acids is 1. The molecule has 0 N–H and O–H groups in total. The van der Waals surface area contributed by atoms with Crippen molar-refractivity contribution in [2.45, 2.75) is 13.5 Å². The van der Waals surface area contributed by atoms with Crippen molar-refractivity contribution in [3.05, 3.63) is 35.6 Å². The van der Waals surface area contributed by atoms with Crippen molar-refractivity contribution in [1.82, 2.24) is 0 Å². The molecular formula is C11H9NO2. The largest absolute Gasteiger partial charge is 0.464 e. The summed E-state index contributed by atoms with van der Waals surface area (Å²) < 4.78 is 5.33. The zero-order chi connectivity index (χ0) is 9.97. The molecule has 14 heavy (non-hydrogen) atoms. The molecule has 2 aromatic rings. The van der Waals surface area contributed by atoms with Crippen LogP contribution in [0.25, 0.3) is 11.0 Å². The highest BCUT2D eigenvalue weighted by Crippen LogP contribution is 2.21. The second-order valence-electron chi connectivity index (χ2n) is 3.16. The molecule has 0 amide bonds. The number of isocyanates is 1. The summed E-state index contributed by atoms with van der Waals surface area (Å²) in [7, 11) is 0. The van der Waals surface area contributed by atoms with E-state index in [2.05, 4.69) is 4.99 Å². The number of hydrogen-bond donors (Lipinski definition) is 0. The van der Waals surface area contributed by atoms with Gasteiger partial charge in [-0.25, -0.2) is 9.79 Å².